The lowest BCUT2D eigenvalue weighted by atomic mass is 10.1. The zero-order chi connectivity index (χ0) is 19.0. The third-order valence-corrected chi connectivity index (χ3v) is 5.52. The van der Waals surface area contributed by atoms with Crippen LogP contribution in [0.1, 0.15) is 18.1 Å². The predicted molar refractivity (Wildman–Crippen MR) is 97.2 cm³/mol. The van der Waals surface area contributed by atoms with Crippen LogP contribution in [0, 0.1) is 0 Å². The molecule has 0 unspecified atom stereocenters. The zero-order valence-electron chi connectivity index (χ0n) is 14.7. The zero-order valence-corrected chi connectivity index (χ0v) is 15.4. The summed E-state index contributed by atoms with van der Waals surface area (Å²) >= 11 is 5.95. The Kier molecular flexibility index (Phi) is 5.03. The lowest BCUT2D eigenvalue weighted by molar-refractivity contribution is -0.130. The number of halogens is 1. The molecule has 9 heteroatoms. The van der Waals surface area contributed by atoms with Gasteiger partial charge in [-0.15, -0.1) is 0 Å². The molecular weight excluding hydrogens is 372 g/mol. The van der Waals surface area contributed by atoms with E-state index < -0.39 is 6.03 Å². The van der Waals surface area contributed by atoms with Crippen LogP contribution in [0.5, 0.6) is 0 Å². The lowest BCUT2D eigenvalue weighted by Crippen LogP contribution is -2.45. The van der Waals surface area contributed by atoms with Crippen LogP contribution >= 0.6 is 11.6 Å². The number of urea groups is 1. The van der Waals surface area contributed by atoms with E-state index in [-0.39, 0.29) is 43.1 Å². The van der Waals surface area contributed by atoms with Crippen molar-refractivity contribution in [1.82, 2.24) is 20.4 Å². The standard InChI is InChI=1S/C18H21ClN4O4/c19-12-3-1-11(2-4-12)15-8-22-7-13(5-14(22)10-27-15)21-16(24)9-23-17(25)6-20-18(23)26/h1-4,13-15H,5-10H2,(H,20,26)(H,21,24)/t13-,14+,15-/m1/s1. The van der Waals surface area contributed by atoms with E-state index in [0.717, 1.165) is 30.0 Å². The normalized spacial score (nSPS) is 28.2. The first kappa shape index (κ1) is 18.2. The average Bonchev–Trinajstić information content (AvgIpc) is 3.19. The number of carbonyl (C=O) groups is 3. The van der Waals surface area contributed by atoms with E-state index in [2.05, 4.69) is 15.5 Å². The Bertz CT molecular complexity index is 740. The number of morpholine rings is 1. The summed E-state index contributed by atoms with van der Waals surface area (Å²) in [5.74, 6) is -0.696. The van der Waals surface area contributed by atoms with Crippen LogP contribution in [0.25, 0.3) is 0 Å². The highest BCUT2D eigenvalue weighted by Crippen LogP contribution is 2.30. The molecule has 1 aromatic carbocycles. The van der Waals surface area contributed by atoms with Crippen LogP contribution in [-0.2, 0) is 14.3 Å². The minimum atomic E-state index is -0.516. The summed E-state index contributed by atoms with van der Waals surface area (Å²) in [6, 6.07) is 7.39. The van der Waals surface area contributed by atoms with Crippen LogP contribution in [0.2, 0.25) is 5.02 Å². The van der Waals surface area contributed by atoms with E-state index in [1.165, 1.54) is 0 Å². The van der Waals surface area contributed by atoms with Crippen molar-refractivity contribution in [3.63, 3.8) is 0 Å². The van der Waals surface area contributed by atoms with Crippen molar-refractivity contribution in [3.8, 4) is 0 Å². The quantitative estimate of drug-likeness (QED) is 0.729. The molecule has 1 aromatic rings. The van der Waals surface area contributed by atoms with Crippen LogP contribution < -0.4 is 10.6 Å². The van der Waals surface area contributed by atoms with Gasteiger partial charge in [-0.3, -0.25) is 19.4 Å². The van der Waals surface area contributed by atoms with E-state index in [0.29, 0.717) is 11.6 Å². The van der Waals surface area contributed by atoms with E-state index >= 15 is 0 Å². The summed E-state index contributed by atoms with van der Waals surface area (Å²) in [4.78, 5) is 38.6. The van der Waals surface area contributed by atoms with Gasteiger partial charge in [0.15, 0.2) is 0 Å². The summed E-state index contributed by atoms with van der Waals surface area (Å²) < 4.78 is 6.00. The van der Waals surface area contributed by atoms with Gasteiger partial charge in [-0.1, -0.05) is 23.7 Å². The number of nitrogens with one attached hydrogen (secondary N) is 2. The Labute approximate surface area is 161 Å². The molecule has 0 aromatic heterocycles. The third-order valence-electron chi connectivity index (χ3n) is 5.26. The Morgan fingerprint density at radius 1 is 1.26 bits per heavy atom. The summed E-state index contributed by atoms with van der Waals surface area (Å²) in [5, 5.41) is 6.04. The van der Waals surface area contributed by atoms with Crippen molar-refractivity contribution >= 4 is 29.4 Å². The number of benzene rings is 1. The first-order chi connectivity index (χ1) is 13.0. The van der Waals surface area contributed by atoms with Gasteiger partial charge in [-0.2, -0.15) is 0 Å². The fraction of sp³-hybridized carbons (Fsp3) is 0.500. The molecule has 2 N–H and O–H groups in total. The summed E-state index contributed by atoms with van der Waals surface area (Å²) in [5.41, 5.74) is 1.09. The number of rotatable bonds is 4. The number of imide groups is 1. The summed E-state index contributed by atoms with van der Waals surface area (Å²) in [6.07, 6.45) is 0.776. The molecule has 0 bridgehead atoms. The average molecular weight is 393 g/mol. The molecule has 0 radical (unpaired) electrons. The third kappa shape index (κ3) is 3.92. The number of carbonyl (C=O) groups excluding carboxylic acids is 3. The van der Waals surface area contributed by atoms with E-state index in [1.54, 1.807) is 0 Å². The minimum Gasteiger partial charge on any atom is -0.371 e. The van der Waals surface area contributed by atoms with Gasteiger partial charge in [0.25, 0.3) is 5.91 Å². The van der Waals surface area contributed by atoms with Crippen LogP contribution in [0.15, 0.2) is 24.3 Å². The molecule has 3 heterocycles. The van der Waals surface area contributed by atoms with Gasteiger partial charge in [0, 0.05) is 30.2 Å². The SMILES string of the molecule is O=C(CN1C(=O)CNC1=O)N[C@@H]1C[C@H]2CO[C@@H](c3ccc(Cl)cc3)CN2C1. The maximum atomic E-state index is 12.2. The van der Waals surface area contributed by atoms with E-state index in [9.17, 15) is 14.4 Å². The van der Waals surface area contributed by atoms with Crippen molar-refractivity contribution in [2.75, 3.05) is 32.8 Å². The van der Waals surface area contributed by atoms with Crippen LogP contribution in [-0.4, -0.2) is 72.5 Å². The maximum Gasteiger partial charge on any atom is 0.325 e. The number of hydrogen-bond donors (Lipinski definition) is 2. The van der Waals surface area contributed by atoms with E-state index in [1.807, 2.05) is 24.3 Å². The van der Waals surface area contributed by atoms with Crippen molar-refractivity contribution < 1.29 is 19.1 Å². The molecule has 3 saturated heterocycles. The summed E-state index contributed by atoms with van der Waals surface area (Å²) in [7, 11) is 0. The molecule has 3 atom stereocenters. The Morgan fingerprint density at radius 3 is 2.74 bits per heavy atom. The molecule has 3 fully saturated rings. The monoisotopic (exact) mass is 392 g/mol. The molecule has 3 aliphatic rings. The van der Waals surface area contributed by atoms with Crippen LogP contribution in [0.4, 0.5) is 4.79 Å². The second kappa shape index (κ2) is 7.46. The number of nitrogens with zero attached hydrogens (tertiary/aromatic N) is 2. The van der Waals surface area contributed by atoms with Gasteiger partial charge >= 0.3 is 6.03 Å². The maximum absolute atomic E-state index is 12.2. The number of amides is 4. The molecule has 0 spiro atoms. The number of hydrogen-bond acceptors (Lipinski definition) is 5. The van der Waals surface area contributed by atoms with Gasteiger partial charge in [-0.25, -0.2) is 4.79 Å². The fourth-order valence-electron chi connectivity index (χ4n) is 3.89. The Morgan fingerprint density at radius 2 is 2.04 bits per heavy atom. The highest BCUT2D eigenvalue weighted by atomic mass is 35.5. The second-order valence-electron chi connectivity index (χ2n) is 7.12. The highest BCUT2D eigenvalue weighted by Gasteiger charge is 2.39. The fourth-order valence-corrected chi connectivity index (χ4v) is 4.02. The van der Waals surface area contributed by atoms with Gasteiger partial charge in [0.1, 0.15) is 6.54 Å². The van der Waals surface area contributed by atoms with Crippen molar-refractivity contribution in [1.29, 1.82) is 0 Å². The van der Waals surface area contributed by atoms with Crippen molar-refractivity contribution in [2.24, 2.45) is 0 Å². The molecule has 144 valence electrons. The first-order valence-electron chi connectivity index (χ1n) is 8.98. The number of fused-ring (bicyclic) bond motifs is 1. The molecular formula is C18H21ClN4O4. The first-order valence-corrected chi connectivity index (χ1v) is 9.36. The summed E-state index contributed by atoms with van der Waals surface area (Å²) in [6.45, 7) is 1.80. The lowest BCUT2D eigenvalue weighted by Gasteiger charge is -2.35. The Balaban J connectivity index is 1.30. The largest absolute Gasteiger partial charge is 0.371 e. The topological polar surface area (TPSA) is 91.0 Å². The van der Waals surface area contributed by atoms with Crippen molar-refractivity contribution in [2.45, 2.75) is 24.6 Å². The number of ether oxygens (including phenoxy) is 1. The van der Waals surface area contributed by atoms with Crippen molar-refractivity contribution in [3.05, 3.63) is 34.9 Å². The van der Waals surface area contributed by atoms with E-state index in [4.69, 9.17) is 16.3 Å². The van der Waals surface area contributed by atoms with Gasteiger partial charge in [0.2, 0.25) is 5.91 Å². The molecule has 4 rings (SSSR count). The van der Waals surface area contributed by atoms with Crippen LogP contribution in [0.3, 0.4) is 0 Å². The van der Waals surface area contributed by atoms with Gasteiger partial charge in [0.05, 0.1) is 19.3 Å². The Hall–Kier alpha value is -2.16. The highest BCUT2D eigenvalue weighted by molar-refractivity contribution is 6.30. The minimum absolute atomic E-state index is 0.0149. The predicted octanol–water partition coefficient (Wildman–Crippen LogP) is 0.522. The van der Waals surface area contributed by atoms with Gasteiger partial charge < -0.3 is 15.4 Å². The second-order valence-corrected chi connectivity index (χ2v) is 7.56. The molecule has 3 aliphatic heterocycles. The molecule has 0 aliphatic carbocycles. The van der Waals surface area contributed by atoms with Gasteiger partial charge in [-0.05, 0) is 24.1 Å². The molecule has 0 saturated carbocycles. The molecule has 8 nitrogen and oxygen atoms in total. The molecule has 27 heavy (non-hydrogen) atoms. The molecule has 4 amide bonds. The smallest absolute Gasteiger partial charge is 0.325 e.